The monoisotopic (exact) mass is 522 g/mol. The molecule has 196 valence electrons. The molecule has 0 radical (unpaired) electrons. The van der Waals surface area contributed by atoms with Gasteiger partial charge in [-0.2, -0.15) is 4.98 Å². The van der Waals surface area contributed by atoms with Gasteiger partial charge in [-0.3, -0.25) is 0 Å². The van der Waals surface area contributed by atoms with Crippen LogP contribution < -0.4 is 29.6 Å². The van der Waals surface area contributed by atoms with Crippen molar-refractivity contribution in [1.29, 1.82) is 0 Å². The Labute approximate surface area is 225 Å². The van der Waals surface area contributed by atoms with E-state index < -0.39 is 0 Å². The average Bonchev–Trinajstić information content (AvgIpc) is 2.98. The second kappa shape index (κ2) is 11.8. The van der Waals surface area contributed by atoms with Crippen LogP contribution in [0.15, 0.2) is 91.4 Å². The van der Waals surface area contributed by atoms with Gasteiger partial charge in [-0.1, -0.05) is 18.2 Å². The zero-order valence-electron chi connectivity index (χ0n) is 21.6. The maximum absolute atomic E-state index is 5.88. The Bertz CT molecular complexity index is 1520. The van der Waals surface area contributed by atoms with Gasteiger partial charge < -0.3 is 29.6 Å². The van der Waals surface area contributed by atoms with Crippen LogP contribution in [-0.2, 0) is 0 Å². The molecule has 2 heterocycles. The molecule has 3 aromatic carbocycles. The fourth-order valence-electron chi connectivity index (χ4n) is 3.82. The third-order valence-electron chi connectivity index (χ3n) is 5.64. The Balaban J connectivity index is 1.36. The number of pyridine rings is 1. The van der Waals surface area contributed by atoms with Crippen molar-refractivity contribution in [2.45, 2.75) is 0 Å². The first-order valence-corrected chi connectivity index (χ1v) is 12.0. The van der Waals surface area contributed by atoms with Gasteiger partial charge in [0.15, 0.2) is 17.3 Å². The highest BCUT2D eigenvalue weighted by atomic mass is 16.5. The van der Waals surface area contributed by atoms with E-state index >= 15 is 0 Å². The standard InChI is InChI=1S/C29H26N6O4/c1-36-24-16-20(17-25(37-2)26(24)38-3)34-29-32-18-31-28(35-29)23-10-7-15-30-27(23)33-19-11-13-22(14-12-19)39-21-8-5-4-6-9-21/h4-18H,1-3H3,(H,30,33)(H,31,32,34,35). The molecule has 2 aromatic heterocycles. The molecule has 39 heavy (non-hydrogen) atoms. The van der Waals surface area contributed by atoms with E-state index in [1.54, 1.807) is 39.7 Å². The molecule has 0 aliphatic carbocycles. The van der Waals surface area contributed by atoms with Gasteiger partial charge in [0.2, 0.25) is 11.7 Å². The maximum atomic E-state index is 5.88. The minimum absolute atomic E-state index is 0.339. The smallest absolute Gasteiger partial charge is 0.230 e. The number of rotatable bonds is 10. The molecule has 0 saturated heterocycles. The predicted molar refractivity (Wildman–Crippen MR) is 149 cm³/mol. The van der Waals surface area contributed by atoms with Crippen LogP contribution >= 0.6 is 0 Å². The van der Waals surface area contributed by atoms with E-state index in [-0.39, 0.29) is 0 Å². The number of nitrogens with one attached hydrogen (secondary N) is 2. The molecule has 0 saturated carbocycles. The number of hydrogen-bond donors (Lipinski definition) is 2. The minimum Gasteiger partial charge on any atom is -0.493 e. The normalized spacial score (nSPS) is 10.4. The van der Waals surface area contributed by atoms with Crippen molar-refractivity contribution in [2.75, 3.05) is 32.0 Å². The molecule has 0 amide bonds. The van der Waals surface area contributed by atoms with Crippen molar-refractivity contribution in [3.8, 4) is 40.1 Å². The Morgan fingerprint density at radius 2 is 1.36 bits per heavy atom. The molecule has 10 nitrogen and oxygen atoms in total. The Morgan fingerprint density at radius 3 is 2.05 bits per heavy atom. The van der Waals surface area contributed by atoms with E-state index in [0.29, 0.717) is 46.1 Å². The van der Waals surface area contributed by atoms with Crippen LogP contribution in [0, 0.1) is 0 Å². The molecule has 0 atom stereocenters. The zero-order valence-corrected chi connectivity index (χ0v) is 21.6. The van der Waals surface area contributed by atoms with Crippen molar-refractivity contribution in [3.63, 3.8) is 0 Å². The molecule has 0 spiro atoms. The molecule has 0 unspecified atom stereocenters. The Kier molecular flexibility index (Phi) is 7.63. The summed E-state index contributed by atoms with van der Waals surface area (Å²) in [6, 6.07) is 24.5. The fraction of sp³-hybridized carbons (Fsp3) is 0.103. The van der Waals surface area contributed by atoms with Gasteiger partial charge in [0, 0.05) is 29.7 Å². The summed E-state index contributed by atoms with van der Waals surface area (Å²) < 4.78 is 22.2. The summed E-state index contributed by atoms with van der Waals surface area (Å²) in [6.45, 7) is 0. The lowest BCUT2D eigenvalue weighted by atomic mass is 10.2. The van der Waals surface area contributed by atoms with Crippen molar-refractivity contribution >= 4 is 23.1 Å². The summed E-state index contributed by atoms with van der Waals surface area (Å²) in [7, 11) is 4.67. The molecule has 2 N–H and O–H groups in total. The molecule has 0 aliphatic rings. The van der Waals surface area contributed by atoms with Gasteiger partial charge in [-0.15, -0.1) is 0 Å². The number of methoxy groups -OCH3 is 3. The predicted octanol–water partition coefficient (Wildman–Crippen LogP) is 6.24. The first-order valence-electron chi connectivity index (χ1n) is 12.0. The van der Waals surface area contributed by atoms with Gasteiger partial charge in [-0.05, 0) is 48.5 Å². The summed E-state index contributed by atoms with van der Waals surface area (Å²) in [4.78, 5) is 17.8. The largest absolute Gasteiger partial charge is 0.493 e. The number of benzene rings is 3. The van der Waals surface area contributed by atoms with Gasteiger partial charge in [0.25, 0.3) is 0 Å². The number of aromatic nitrogens is 4. The molecular weight excluding hydrogens is 496 g/mol. The van der Waals surface area contributed by atoms with Crippen LogP contribution in [-0.4, -0.2) is 41.3 Å². The summed E-state index contributed by atoms with van der Waals surface area (Å²) in [6.07, 6.45) is 3.14. The van der Waals surface area contributed by atoms with Crippen LogP contribution in [0.25, 0.3) is 11.4 Å². The van der Waals surface area contributed by atoms with Gasteiger partial charge in [-0.25, -0.2) is 15.0 Å². The third kappa shape index (κ3) is 5.96. The average molecular weight is 523 g/mol. The number of para-hydroxylation sites is 1. The molecule has 5 rings (SSSR count). The van der Waals surface area contributed by atoms with Crippen LogP contribution in [0.2, 0.25) is 0 Å². The molecule has 5 aromatic rings. The molecule has 0 aliphatic heterocycles. The van der Waals surface area contributed by atoms with Crippen molar-refractivity contribution in [1.82, 2.24) is 19.9 Å². The highest BCUT2D eigenvalue weighted by Gasteiger charge is 2.15. The zero-order chi connectivity index (χ0) is 27.0. The number of hydrogen-bond acceptors (Lipinski definition) is 10. The molecule has 0 fully saturated rings. The highest BCUT2D eigenvalue weighted by molar-refractivity contribution is 5.75. The molecular formula is C29H26N6O4. The Morgan fingerprint density at radius 1 is 0.641 bits per heavy atom. The van der Waals surface area contributed by atoms with Crippen LogP contribution in [0.4, 0.5) is 23.1 Å². The minimum atomic E-state index is 0.339. The third-order valence-corrected chi connectivity index (χ3v) is 5.64. The fourth-order valence-corrected chi connectivity index (χ4v) is 3.82. The molecule has 0 bridgehead atoms. The lowest BCUT2D eigenvalue weighted by Crippen LogP contribution is -2.03. The summed E-state index contributed by atoms with van der Waals surface area (Å²) in [5, 5.41) is 6.52. The quantitative estimate of drug-likeness (QED) is 0.219. The van der Waals surface area contributed by atoms with Gasteiger partial charge in [0.05, 0.1) is 26.9 Å². The lowest BCUT2D eigenvalue weighted by molar-refractivity contribution is 0.324. The SMILES string of the molecule is COc1cc(Nc2ncnc(-c3cccnc3Nc3ccc(Oc4ccccc4)cc3)n2)cc(OC)c1OC. The van der Waals surface area contributed by atoms with Crippen molar-refractivity contribution < 1.29 is 18.9 Å². The first kappa shape index (κ1) is 25.3. The molecule has 10 heteroatoms. The van der Waals surface area contributed by atoms with E-state index in [1.165, 1.54) is 6.33 Å². The summed E-state index contributed by atoms with van der Waals surface area (Å²) in [5.74, 6) is 4.39. The second-order valence-corrected chi connectivity index (χ2v) is 8.14. The lowest BCUT2D eigenvalue weighted by Gasteiger charge is -2.15. The van der Waals surface area contributed by atoms with Crippen LogP contribution in [0.1, 0.15) is 0 Å². The van der Waals surface area contributed by atoms with Crippen molar-refractivity contribution in [3.05, 3.63) is 91.4 Å². The second-order valence-electron chi connectivity index (χ2n) is 8.14. The number of ether oxygens (including phenoxy) is 4. The summed E-state index contributed by atoms with van der Waals surface area (Å²) in [5.41, 5.74) is 2.20. The van der Waals surface area contributed by atoms with E-state index in [0.717, 1.165) is 17.2 Å². The van der Waals surface area contributed by atoms with Crippen LogP contribution in [0.5, 0.6) is 28.7 Å². The van der Waals surface area contributed by atoms with E-state index in [2.05, 4.69) is 30.6 Å². The summed E-state index contributed by atoms with van der Waals surface area (Å²) >= 11 is 0. The van der Waals surface area contributed by atoms with Crippen molar-refractivity contribution in [2.24, 2.45) is 0 Å². The van der Waals surface area contributed by atoms with E-state index in [9.17, 15) is 0 Å². The topological polar surface area (TPSA) is 113 Å². The van der Waals surface area contributed by atoms with E-state index in [4.69, 9.17) is 18.9 Å². The highest BCUT2D eigenvalue weighted by Crippen LogP contribution is 2.40. The van der Waals surface area contributed by atoms with Gasteiger partial charge in [0.1, 0.15) is 23.6 Å². The number of anilines is 4. The van der Waals surface area contributed by atoms with Crippen LogP contribution in [0.3, 0.4) is 0 Å². The first-order chi connectivity index (χ1) is 19.2. The van der Waals surface area contributed by atoms with Gasteiger partial charge >= 0.3 is 0 Å². The van der Waals surface area contributed by atoms with E-state index in [1.807, 2.05) is 66.7 Å². The number of nitrogens with zero attached hydrogens (tertiary/aromatic N) is 4. The Hall–Kier alpha value is -5.38. The maximum Gasteiger partial charge on any atom is 0.230 e.